The molecule has 1 aromatic rings. The maximum absolute atomic E-state index is 14.7. The fourth-order valence-corrected chi connectivity index (χ4v) is 13.3. The van der Waals surface area contributed by atoms with Crippen LogP contribution in [0.4, 0.5) is 4.39 Å². The average Bonchev–Trinajstić information content (AvgIpc) is 3.28. The van der Waals surface area contributed by atoms with Gasteiger partial charge in [-0.3, -0.25) is 9.18 Å². The van der Waals surface area contributed by atoms with E-state index in [-0.39, 0.29) is 39.7 Å². The molecule has 1 aromatic carbocycles. The average molecular weight is 626 g/mol. The number of ketones is 1. The first-order chi connectivity index (χ1) is 21.6. The summed E-state index contributed by atoms with van der Waals surface area (Å²) >= 11 is 0. The molecule has 0 radical (unpaired) electrons. The van der Waals surface area contributed by atoms with E-state index in [2.05, 4.69) is 84.9 Å². The van der Waals surface area contributed by atoms with Crippen LogP contribution in [0.25, 0.3) is 0 Å². The van der Waals surface area contributed by atoms with Gasteiger partial charge in [-0.2, -0.15) is 0 Å². The van der Waals surface area contributed by atoms with Crippen LogP contribution in [0.5, 0.6) is 0 Å². The fourth-order valence-electron chi connectivity index (χ4n) is 13.3. The molecule has 46 heavy (non-hydrogen) atoms. The number of halogens is 1. The quantitative estimate of drug-likeness (QED) is 0.354. The van der Waals surface area contributed by atoms with E-state index in [0.717, 1.165) is 50.5 Å². The number of Topliss-reactive ketones (excluding diaryl/α,β-unsaturated/α-hetero) is 1. The maximum atomic E-state index is 14.7. The lowest BCUT2D eigenvalue weighted by Gasteiger charge is -2.71. The maximum Gasteiger partial charge on any atom is 0.161 e. The van der Waals surface area contributed by atoms with Gasteiger partial charge in [-0.1, -0.05) is 91.0 Å². The molecule has 7 rings (SSSR count). The Hall–Kier alpha value is -2.00. The van der Waals surface area contributed by atoms with Crippen LogP contribution in [-0.2, 0) is 11.2 Å². The number of nitrogens with two attached hydrogens (primary N) is 1. The van der Waals surface area contributed by atoms with Gasteiger partial charge in [-0.15, -0.1) is 0 Å². The SMILES string of the molecule is CC(C)C1=C2[C@H]3CC[C@@H]4[C@@]5(C)CC=C(C6=CC[C@](CF)(Cc7ccccc7)CC6)C(C)(C)[C@@H]5CC[C@@]4(C)[C@]3(C)CC[C@@]2(N)CC1=O. The summed E-state index contributed by atoms with van der Waals surface area (Å²) in [4.78, 5) is 13.4. The highest BCUT2D eigenvalue weighted by Gasteiger charge is 2.69. The molecule has 6 aliphatic carbocycles. The van der Waals surface area contributed by atoms with Crippen molar-refractivity contribution in [3.8, 4) is 0 Å². The number of hydrogen-bond acceptors (Lipinski definition) is 2. The van der Waals surface area contributed by atoms with Crippen LogP contribution < -0.4 is 5.73 Å². The minimum absolute atomic E-state index is 0.0945. The second-order valence-electron chi connectivity index (χ2n) is 18.6. The summed E-state index contributed by atoms with van der Waals surface area (Å²) in [6, 6.07) is 10.5. The molecule has 8 atom stereocenters. The van der Waals surface area contributed by atoms with E-state index in [4.69, 9.17) is 5.73 Å². The van der Waals surface area contributed by atoms with Gasteiger partial charge in [-0.25, -0.2) is 0 Å². The Bertz CT molecular complexity index is 1500. The summed E-state index contributed by atoms with van der Waals surface area (Å²) < 4.78 is 14.7. The first-order valence-corrected chi connectivity index (χ1v) is 18.7. The number of benzene rings is 1. The molecule has 0 aliphatic heterocycles. The van der Waals surface area contributed by atoms with Crippen LogP contribution in [0.1, 0.15) is 125 Å². The van der Waals surface area contributed by atoms with Crippen molar-refractivity contribution in [3.63, 3.8) is 0 Å². The van der Waals surface area contributed by atoms with Gasteiger partial charge in [-0.05, 0) is 144 Å². The van der Waals surface area contributed by atoms with Gasteiger partial charge in [0.15, 0.2) is 5.78 Å². The summed E-state index contributed by atoms with van der Waals surface area (Å²) in [6.07, 6.45) is 17.4. The van der Waals surface area contributed by atoms with Gasteiger partial charge in [0.1, 0.15) is 0 Å². The van der Waals surface area contributed by atoms with E-state index in [1.807, 2.05) is 6.07 Å². The zero-order chi connectivity index (χ0) is 32.9. The van der Waals surface area contributed by atoms with Gasteiger partial charge in [0.05, 0.1) is 6.67 Å². The molecule has 250 valence electrons. The lowest BCUT2D eigenvalue weighted by Crippen LogP contribution is -2.65. The van der Waals surface area contributed by atoms with Crippen LogP contribution in [0.3, 0.4) is 0 Å². The van der Waals surface area contributed by atoms with Crippen molar-refractivity contribution in [1.82, 2.24) is 0 Å². The third-order valence-electron chi connectivity index (χ3n) is 15.8. The molecule has 0 heterocycles. The third kappa shape index (κ3) is 4.45. The first-order valence-electron chi connectivity index (χ1n) is 18.7. The van der Waals surface area contributed by atoms with E-state index in [0.29, 0.717) is 30.0 Å². The molecule has 0 aromatic heterocycles. The highest BCUT2D eigenvalue weighted by atomic mass is 19.1. The molecule has 3 heteroatoms. The topological polar surface area (TPSA) is 43.1 Å². The van der Waals surface area contributed by atoms with Gasteiger partial charge in [0, 0.05) is 17.4 Å². The monoisotopic (exact) mass is 625 g/mol. The Kier molecular flexibility index (Phi) is 7.61. The van der Waals surface area contributed by atoms with Crippen LogP contribution in [0, 0.1) is 50.7 Å². The van der Waals surface area contributed by atoms with Gasteiger partial charge in [0.2, 0.25) is 0 Å². The van der Waals surface area contributed by atoms with E-state index in [1.54, 1.807) is 5.57 Å². The Morgan fingerprint density at radius 2 is 1.61 bits per heavy atom. The summed E-state index contributed by atoms with van der Waals surface area (Å²) in [5.74, 6) is 2.30. The summed E-state index contributed by atoms with van der Waals surface area (Å²) in [5, 5.41) is 0. The predicted molar refractivity (Wildman–Crippen MR) is 188 cm³/mol. The largest absolute Gasteiger partial charge is 0.321 e. The predicted octanol–water partition coefficient (Wildman–Crippen LogP) is 10.5. The minimum Gasteiger partial charge on any atom is -0.321 e. The molecular weight excluding hydrogens is 565 g/mol. The molecule has 0 saturated heterocycles. The lowest BCUT2D eigenvalue weighted by molar-refractivity contribution is -0.195. The zero-order valence-electron chi connectivity index (χ0n) is 29.9. The molecule has 3 saturated carbocycles. The van der Waals surface area contributed by atoms with E-state index >= 15 is 0 Å². The van der Waals surface area contributed by atoms with E-state index < -0.39 is 5.54 Å². The van der Waals surface area contributed by atoms with Crippen LogP contribution in [0.15, 0.2) is 64.8 Å². The van der Waals surface area contributed by atoms with Crippen molar-refractivity contribution in [2.24, 2.45) is 56.5 Å². The second kappa shape index (κ2) is 10.8. The number of alkyl halides is 1. The van der Waals surface area contributed by atoms with Gasteiger partial charge >= 0.3 is 0 Å². The van der Waals surface area contributed by atoms with Crippen molar-refractivity contribution >= 4 is 5.78 Å². The molecule has 2 N–H and O–H groups in total. The Morgan fingerprint density at radius 3 is 2.26 bits per heavy atom. The molecule has 0 amide bonds. The van der Waals surface area contributed by atoms with Crippen molar-refractivity contribution in [1.29, 1.82) is 0 Å². The number of fused-ring (bicyclic) bond motifs is 7. The van der Waals surface area contributed by atoms with Gasteiger partial charge in [0.25, 0.3) is 0 Å². The van der Waals surface area contributed by atoms with E-state index in [1.165, 1.54) is 42.4 Å². The number of hydrogen-bond donors (Lipinski definition) is 1. The van der Waals surface area contributed by atoms with Gasteiger partial charge < -0.3 is 5.73 Å². The molecule has 0 spiro atoms. The molecule has 0 unspecified atom stereocenters. The molecular formula is C43H60FNO. The van der Waals surface area contributed by atoms with Crippen LogP contribution >= 0.6 is 0 Å². The lowest BCUT2D eigenvalue weighted by atomic mass is 9.33. The standard InChI is InChI=1S/C43H60FNO/c1-28(2)36-33(46)26-43(45)24-23-40(6)32(37(36)43)13-14-35-39(5)19-17-31(38(3,4)34(39)18-20-41(35,40)7)30-15-21-42(27-44,22-16-30)25-29-11-9-8-10-12-29/h8-12,15,17,28,32,34-35H,13-14,16,18-27,45H2,1-7H3/t32-,34+,35-,39+,40-,41-,42-,43-/m1/s1. The second-order valence-corrected chi connectivity index (χ2v) is 18.6. The smallest absolute Gasteiger partial charge is 0.161 e. The highest BCUT2D eigenvalue weighted by molar-refractivity contribution is 6.01. The summed E-state index contributed by atoms with van der Waals surface area (Å²) in [7, 11) is 0. The van der Waals surface area contributed by atoms with Crippen molar-refractivity contribution in [2.45, 2.75) is 131 Å². The Morgan fingerprint density at radius 1 is 0.870 bits per heavy atom. The number of carbonyl (C=O) groups is 1. The van der Waals surface area contributed by atoms with Crippen molar-refractivity contribution in [3.05, 3.63) is 70.3 Å². The van der Waals surface area contributed by atoms with E-state index in [9.17, 15) is 9.18 Å². The minimum atomic E-state index is -0.413. The fraction of sp³-hybridized carbons (Fsp3) is 0.698. The van der Waals surface area contributed by atoms with Crippen LogP contribution in [0.2, 0.25) is 0 Å². The number of carbonyl (C=O) groups excluding carboxylic acids is 1. The first kappa shape index (κ1) is 32.5. The molecule has 2 nitrogen and oxygen atoms in total. The molecule has 3 fully saturated rings. The van der Waals surface area contributed by atoms with Crippen LogP contribution in [-0.4, -0.2) is 18.0 Å². The number of rotatable bonds is 5. The Balaban J connectivity index is 1.18. The highest BCUT2D eigenvalue weighted by Crippen LogP contribution is 2.75. The van der Waals surface area contributed by atoms with Crippen molar-refractivity contribution in [2.75, 3.05) is 6.67 Å². The summed E-state index contributed by atoms with van der Waals surface area (Å²) in [5.41, 5.74) is 14.0. The normalized spacial score (nSPS) is 43.3. The summed E-state index contributed by atoms with van der Waals surface area (Å²) in [6.45, 7) is 17.1. The third-order valence-corrected chi connectivity index (χ3v) is 15.8. The van der Waals surface area contributed by atoms with Crippen molar-refractivity contribution < 1.29 is 9.18 Å². The zero-order valence-corrected chi connectivity index (χ0v) is 29.9. The molecule has 0 bridgehead atoms. The number of allylic oxidation sites excluding steroid dienone is 5. The molecule has 6 aliphatic rings. The Labute approximate surface area is 278 Å².